The van der Waals surface area contributed by atoms with Crippen molar-refractivity contribution in [3.63, 3.8) is 0 Å². The number of carbonyl (C=O) groups excluding carboxylic acids is 1. The lowest BCUT2D eigenvalue weighted by molar-refractivity contribution is -0.385. The van der Waals surface area contributed by atoms with E-state index < -0.39 is 32.0 Å². The fraction of sp³-hybridized carbons (Fsp3) is 0.133. The molecule has 0 spiro atoms. The Balaban J connectivity index is 2.61. The molecule has 0 unspecified atom stereocenters. The van der Waals surface area contributed by atoms with E-state index in [1.165, 1.54) is 30.3 Å². The fourth-order valence-electron chi connectivity index (χ4n) is 1.94. The Hall–Kier alpha value is -2.94. The molecule has 2 aromatic rings. The highest BCUT2D eigenvalue weighted by molar-refractivity contribution is 7.87. The van der Waals surface area contributed by atoms with E-state index in [0.29, 0.717) is 0 Å². The number of benzene rings is 2. The van der Waals surface area contributed by atoms with E-state index in [-0.39, 0.29) is 23.5 Å². The Bertz CT molecular complexity index is 863. The number of hydrogen-bond acceptors (Lipinski definition) is 7. The van der Waals surface area contributed by atoms with Gasteiger partial charge in [0.25, 0.3) is 5.69 Å². The summed E-state index contributed by atoms with van der Waals surface area (Å²) in [5, 5.41) is 11.0. The average Bonchev–Trinajstić information content (AvgIpc) is 2.56. The summed E-state index contributed by atoms with van der Waals surface area (Å²) in [6.45, 7) is 1.79. The maximum absolute atomic E-state index is 12.3. The van der Waals surface area contributed by atoms with Crippen LogP contribution in [-0.4, -0.2) is 26.2 Å². The second-order valence-electron chi connectivity index (χ2n) is 4.48. The molecule has 0 aliphatic heterocycles. The molecule has 0 saturated heterocycles. The predicted molar refractivity (Wildman–Crippen MR) is 83.9 cm³/mol. The van der Waals surface area contributed by atoms with Gasteiger partial charge in [0.15, 0.2) is 12.0 Å². The van der Waals surface area contributed by atoms with E-state index in [9.17, 15) is 23.3 Å². The van der Waals surface area contributed by atoms with Gasteiger partial charge in [-0.3, -0.25) is 14.9 Å². The van der Waals surface area contributed by atoms with E-state index in [4.69, 9.17) is 8.92 Å². The van der Waals surface area contributed by atoms with Gasteiger partial charge in [-0.25, -0.2) is 0 Å². The third kappa shape index (κ3) is 3.51. The van der Waals surface area contributed by atoms with E-state index in [2.05, 4.69) is 0 Å². The molecule has 0 heterocycles. The molecular formula is C15H13NO7S. The second-order valence-corrected chi connectivity index (χ2v) is 6.03. The summed E-state index contributed by atoms with van der Waals surface area (Å²) in [5.74, 6) is -0.588. The maximum Gasteiger partial charge on any atom is 0.339 e. The van der Waals surface area contributed by atoms with E-state index in [1.54, 1.807) is 13.0 Å². The Morgan fingerprint density at radius 2 is 1.83 bits per heavy atom. The van der Waals surface area contributed by atoms with Gasteiger partial charge in [0.2, 0.25) is 5.75 Å². The zero-order chi connectivity index (χ0) is 17.7. The molecule has 0 radical (unpaired) electrons. The van der Waals surface area contributed by atoms with Crippen LogP contribution in [0.5, 0.6) is 11.5 Å². The van der Waals surface area contributed by atoms with Gasteiger partial charge in [0.1, 0.15) is 10.5 Å². The summed E-state index contributed by atoms with van der Waals surface area (Å²) < 4.78 is 34.9. The normalized spacial score (nSPS) is 10.9. The molecule has 9 heteroatoms. The van der Waals surface area contributed by atoms with Gasteiger partial charge in [0.05, 0.1) is 11.5 Å². The molecule has 0 aliphatic rings. The molecule has 0 bridgehead atoms. The van der Waals surface area contributed by atoms with Crippen LogP contribution >= 0.6 is 0 Å². The minimum Gasteiger partial charge on any atom is -0.490 e. The maximum atomic E-state index is 12.3. The molecule has 0 aromatic heterocycles. The van der Waals surface area contributed by atoms with Crippen LogP contribution in [0.15, 0.2) is 47.4 Å². The van der Waals surface area contributed by atoms with Crippen LogP contribution in [-0.2, 0) is 10.1 Å². The summed E-state index contributed by atoms with van der Waals surface area (Å²) in [7, 11) is -4.29. The average molecular weight is 351 g/mol. The quantitative estimate of drug-likeness (QED) is 0.326. The molecule has 0 aliphatic carbocycles. The lowest BCUT2D eigenvalue weighted by Gasteiger charge is -2.13. The van der Waals surface area contributed by atoms with Crippen molar-refractivity contribution in [2.24, 2.45) is 0 Å². The van der Waals surface area contributed by atoms with Gasteiger partial charge >= 0.3 is 10.1 Å². The predicted octanol–water partition coefficient (Wildman–Crippen LogP) is 2.57. The lowest BCUT2D eigenvalue weighted by atomic mass is 10.1. The van der Waals surface area contributed by atoms with Crippen LogP contribution < -0.4 is 8.92 Å². The molecule has 2 rings (SSSR count). The van der Waals surface area contributed by atoms with Crippen LogP contribution in [0, 0.1) is 10.1 Å². The SMILES string of the molecule is CCOc1ccc([N+](=O)[O-])c(C=O)c1OS(=O)(=O)c1ccccc1. The highest BCUT2D eigenvalue weighted by Crippen LogP contribution is 2.38. The van der Waals surface area contributed by atoms with Crippen LogP contribution in [0.3, 0.4) is 0 Å². The molecule has 126 valence electrons. The van der Waals surface area contributed by atoms with Gasteiger partial charge in [0, 0.05) is 6.07 Å². The Kier molecular flexibility index (Phi) is 5.14. The van der Waals surface area contributed by atoms with E-state index in [1.807, 2.05) is 0 Å². The van der Waals surface area contributed by atoms with Crippen LogP contribution in [0.2, 0.25) is 0 Å². The first-order valence-corrected chi connectivity index (χ1v) is 8.20. The van der Waals surface area contributed by atoms with Crippen molar-refractivity contribution < 1.29 is 27.1 Å². The minimum atomic E-state index is -4.29. The van der Waals surface area contributed by atoms with E-state index in [0.717, 1.165) is 6.07 Å². The Labute approximate surface area is 137 Å². The largest absolute Gasteiger partial charge is 0.490 e. The van der Waals surface area contributed by atoms with Crippen molar-refractivity contribution in [1.82, 2.24) is 0 Å². The standard InChI is InChI=1S/C15H13NO7S/c1-2-22-14-9-8-13(16(18)19)12(10-17)15(14)23-24(20,21)11-6-4-3-5-7-11/h3-10H,2H2,1H3. The second kappa shape index (κ2) is 7.09. The summed E-state index contributed by atoms with van der Waals surface area (Å²) in [5.41, 5.74) is -1.09. The molecule has 0 N–H and O–H groups in total. The van der Waals surface area contributed by atoms with Crippen molar-refractivity contribution in [3.8, 4) is 11.5 Å². The van der Waals surface area contributed by atoms with Gasteiger partial charge in [-0.05, 0) is 25.1 Å². The molecule has 2 aromatic carbocycles. The fourth-order valence-corrected chi connectivity index (χ4v) is 2.92. The van der Waals surface area contributed by atoms with Crippen LogP contribution in [0.25, 0.3) is 0 Å². The molecule has 0 fully saturated rings. The van der Waals surface area contributed by atoms with Crippen molar-refractivity contribution >= 4 is 22.1 Å². The van der Waals surface area contributed by atoms with Crippen molar-refractivity contribution in [3.05, 3.63) is 58.1 Å². The van der Waals surface area contributed by atoms with E-state index >= 15 is 0 Å². The van der Waals surface area contributed by atoms with Gasteiger partial charge in [-0.1, -0.05) is 18.2 Å². The summed E-state index contributed by atoms with van der Waals surface area (Å²) in [4.78, 5) is 21.4. The Morgan fingerprint density at radius 3 is 2.38 bits per heavy atom. The van der Waals surface area contributed by atoms with Crippen LogP contribution in [0.1, 0.15) is 17.3 Å². The summed E-state index contributed by atoms with van der Waals surface area (Å²) in [6, 6.07) is 9.44. The number of rotatable bonds is 7. The van der Waals surface area contributed by atoms with Crippen LogP contribution in [0.4, 0.5) is 5.69 Å². The highest BCUT2D eigenvalue weighted by Gasteiger charge is 2.27. The topological polar surface area (TPSA) is 113 Å². The summed E-state index contributed by atoms with van der Waals surface area (Å²) in [6.07, 6.45) is 0.163. The number of aldehydes is 1. The van der Waals surface area contributed by atoms with Crippen molar-refractivity contribution in [1.29, 1.82) is 0 Å². The number of nitrogens with zero attached hydrogens (tertiary/aromatic N) is 1. The van der Waals surface area contributed by atoms with Crippen molar-refractivity contribution in [2.75, 3.05) is 6.61 Å². The number of nitro benzene ring substituents is 1. The zero-order valence-corrected chi connectivity index (χ0v) is 13.4. The monoisotopic (exact) mass is 351 g/mol. The number of hydrogen-bond donors (Lipinski definition) is 0. The highest BCUT2D eigenvalue weighted by atomic mass is 32.2. The molecule has 0 atom stereocenters. The summed E-state index contributed by atoms with van der Waals surface area (Å²) >= 11 is 0. The molecular weight excluding hydrogens is 338 g/mol. The van der Waals surface area contributed by atoms with Gasteiger partial charge in [-0.2, -0.15) is 8.42 Å². The molecule has 24 heavy (non-hydrogen) atoms. The van der Waals surface area contributed by atoms with Gasteiger partial charge < -0.3 is 8.92 Å². The third-order valence-corrected chi connectivity index (χ3v) is 4.21. The number of carbonyl (C=O) groups is 1. The number of ether oxygens (including phenoxy) is 1. The third-order valence-electron chi connectivity index (χ3n) is 2.98. The first-order chi connectivity index (χ1) is 11.4. The molecule has 0 saturated carbocycles. The first kappa shape index (κ1) is 17.4. The molecule has 0 amide bonds. The Morgan fingerprint density at radius 1 is 1.17 bits per heavy atom. The lowest BCUT2D eigenvalue weighted by Crippen LogP contribution is -2.13. The van der Waals surface area contributed by atoms with Crippen molar-refractivity contribution in [2.45, 2.75) is 11.8 Å². The zero-order valence-electron chi connectivity index (χ0n) is 12.5. The number of nitro groups is 1. The smallest absolute Gasteiger partial charge is 0.339 e. The molecule has 8 nitrogen and oxygen atoms in total. The van der Waals surface area contributed by atoms with Gasteiger partial charge in [-0.15, -0.1) is 0 Å². The first-order valence-electron chi connectivity index (χ1n) is 6.79. The minimum absolute atomic E-state index is 0.0790.